The maximum Gasteiger partial charge on any atom is 0.0272 e. The normalized spacial score (nSPS) is 12.2. The van der Waals surface area contributed by atoms with Crippen LogP contribution in [0.15, 0.2) is 31.4 Å². The van der Waals surface area contributed by atoms with E-state index >= 15 is 0 Å². The summed E-state index contributed by atoms with van der Waals surface area (Å²) < 4.78 is 0. The van der Waals surface area contributed by atoms with Gasteiger partial charge in [-0.05, 0) is 23.6 Å². The van der Waals surface area contributed by atoms with Crippen molar-refractivity contribution in [2.75, 3.05) is 0 Å². The molecule has 1 rings (SSSR count). The van der Waals surface area contributed by atoms with Gasteiger partial charge in [-0.15, -0.1) is 0 Å². The molecule has 0 unspecified atom stereocenters. The fraction of sp³-hybridized carbons (Fsp3) is 0.167. The zero-order valence-corrected chi connectivity index (χ0v) is 7.96. The fourth-order valence-corrected chi connectivity index (χ4v) is 1.41. The molecule has 0 aromatic heterocycles. The van der Waals surface area contributed by atoms with Crippen molar-refractivity contribution in [3.8, 4) is 0 Å². The zero-order valence-electron chi connectivity index (χ0n) is 7.96. The summed E-state index contributed by atoms with van der Waals surface area (Å²) in [5.74, 6) is 0. The Morgan fingerprint density at radius 2 is 2.00 bits per heavy atom. The lowest BCUT2D eigenvalue weighted by Crippen LogP contribution is -2.07. The highest BCUT2D eigenvalue weighted by molar-refractivity contribution is 5.66. The number of nitrogens with two attached hydrogens (primary N) is 1. The van der Waals surface area contributed by atoms with Crippen LogP contribution in [0.2, 0.25) is 0 Å². The van der Waals surface area contributed by atoms with E-state index in [-0.39, 0.29) is 6.04 Å². The Labute approximate surface area is 79.6 Å². The van der Waals surface area contributed by atoms with Gasteiger partial charge in [-0.2, -0.15) is 0 Å². The molecular weight excluding hydrogens is 158 g/mol. The van der Waals surface area contributed by atoms with Gasteiger partial charge in [0.15, 0.2) is 0 Å². The van der Waals surface area contributed by atoms with E-state index in [1.807, 2.05) is 37.3 Å². The molecule has 1 nitrogen and oxygen atoms in total. The number of hydrogen-bond donors (Lipinski definition) is 1. The highest BCUT2D eigenvalue weighted by Crippen LogP contribution is 2.21. The number of hydrogen-bond acceptors (Lipinski definition) is 1. The van der Waals surface area contributed by atoms with Crippen molar-refractivity contribution in [2.24, 2.45) is 5.73 Å². The molecule has 0 bridgehead atoms. The summed E-state index contributed by atoms with van der Waals surface area (Å²) in [6.07, 6.45) is 3.65. The average molecular weight is 173 g/mol. The van der Waals surface area contributed by atoms with Crippen molar-refractivity contribution >= 4 is 12.2 Å². The quantitative estimate of drug-likeness (QED) is 0.747. The average Bonchev–Trinajstić information content (AvgIpc) is 2.16. The lowest BCUT2D eigenvalue weighted by atomic mass is 9.97. The standard InChI is InChI=1S/C12H15N/c1-4-10-7-6-8-12(9(3)13)11(10)5-2/h4-9H,1-2,13H2,3H3/t9-/m1/s1. The minimum absolute atomic E-state index is 0.0351. The Balaban J connectivity index is 3.35. The second kappa shape index (κ2) is 4.06. The van der Waals surface area contributed by atoms with E-state index in [2.05, 4.69) is 13.2 Å². The van der Waals surface area contributed by atoms with E-state index in [1.165, 1.54) is 0 Å². The maximum absolute atomic E-state index is 5.83. The van der Waals surface area contributed by atoms with Gasteiger partial charge in [-0.1, -0.05) is 43.5 Å². The predicted octanol–water partition coefficient (Wildman–Crippen LogP) is 2.99. The first-order chi connectivity index (χ1) is 6.20. The molecule has 0 radical (unpaired) electrons. The molecule has 1 aromatic rings. The van der Waals surface area contributed by atoms with Crippen LogP contribution in [0.5, 0.6) is 0 Å². The van der Waals surface area contributed by atoms with Crippen LogP contribution < -0.4 is 5.73 Å². The lowest BCUT2D eigenvalue weighted by Gasteiger charge is -2.11. The Kier molecular flexibility index (Phi) is 3.04. The van der Waals surface area contributed by atoms with Crippen molar-refractivity contribution in [3.63, 3.8) is 0 Å². The summed E-state index contributed by atoms with van der Waals surface area (Å²) in [7, 11) is 0. The van der Waals surface area contributed by atoms with Crippen LogP contribution in [0, 0.1) is 0 Å². The molecule has 1 aromatic carbocycles. The van der Waals surface area contributed by atoms with Crippen LogP contribution in [0.3, 0.4) is 0 Å². The molecule has 0 spiro atoms. The molecule has 0 amide bonds. The molecule has 0 aliphatic carbocycles. The largest absolute Gasteiger partial charge is 0.324 e. The Hall–Kier alpha value is -1.34. The van der Waals surface area contributed by atoms with Gasteiger partial charge in [-0.3, -0.25) is 0 Å². The van der Waals surface area contributed by atoms with E-state index in [0.717, 1.165) is 16.7 Å². The Bertz CT molecular complexity index is 324. The molecule has 0 fully saturated rings. The minimum atomic E-state index is 0.0351. The first-order valence-electron chi connectivity index (χ1n) is 4.34. The first-order valence-corrected chi connectivity index (χ1v) is 4.34. The summed E-state index contributed by atoms with van der Waals surface area (Å²) in [5, 5.41) is 0. The fourth-order valence-electron chi connectivity index (χ4n) is 1.41. The first kappa shape index (κ1) is 9.75. The number of benzene rings is 1. The molecule has 68 valence electrons. The smallest absolute Gasteiger partial charge is 0.0272 e. The van der Waals surface area contributed by atoms with Crippen LogP contribution in [-0.2, 0) is 0 Å². The lowest BCUT2D eigenvalue weighted by molar-refractivity contribution is 0.815. The molecule has 1 atom stereocenters. The third kappa shape index (κ3) is 1.87. The highest BCUT2D eigenvalue weighted by Gasteiger charge is 2.05. The second-order valence-electron chi connectivity index (χ2n) is 3.05. The van der Waals surface area contributed by atoms with Gasteiger partial charge in [-0.25, -0.2) is 0 Å². The minimum Gasteiger partial charge on any atom is -0.324 e. The van der Waals surface area contributed by atoms with Crippen molar-refractivity contribution in [1.29, 1.82) is 0 Å². The van der Waals surface area contributed by atoms with E-state index in [9.17, 15) is 0 Å². The van der Waals surface area contributed by atoms with Crippen LogP contribution >= 0.6 is 0 Å². The van der Waals surface area contributed by atoms with Crippen LogP contribution in [0.25, 0.3) is 12.2 Å². The predicted molar refractivity (Wildman–Crippen MR) is 59.2 cm³/mol. The van der Waals surface area contributed by atoms with Gasteiger partial charge >= 0.3 is 0 Å². The van der Waals surface area contributed by atoms with Crippen LogP contribution in [-0.4, -0.2) is 0 Å². The third-order valence-electron chi connectivity index (χ3n) is 2.09. The van der Waals surface area contributed by atoms with E-state index in [4.69, 9.17) is 5.73 Å². The molecule has 0 aliphatic rings. The Morgan fingerprint density at radius 1 is 1.31 bits per heavy atom. The van der Waals surface area contributed by atoms with Gasteiger partial charge in [0.1, 0.15) is 0 Å². The van der Waals surface area contributed by atoms with Gasteiger partial charge in [0.05, 0.1) is 0 Å². The monoisotopic (exact) mass is 173 g/mol. The maximum atomic E-state index is 5.83. The van der Waals surface area contributed by atoms with Gasteiger partial charge < -0.3 is 5.73 Å². The SMILES string of the molecule is C=Cc1cccc([C@@H](C)N)c1C=C. The van der Waals surface area contributed by atoms with Crippen molar-refractivity contribution in [1.82, 2.24) is 0 Å². The van der Waals surface area contributed by atoms with Crippen LogP contribution in [0.4, 0.5) is 0 Å². The summed E-state index contributed by atoms with van der Waals surface area (Å²) in [4.78, 5) is 0. The molecular formula is C12H15N. The van der Waals surface area contributed by atoms with Gasteiger partial charge in [0, 0.05) is 6.04 Å². The Morgan fingerprint density at radius 3 is 2.46 bits per heavy atom. The molecule has 1 heteroatoms. The summed E-state index contributed by atoms with van der Waals surface area (Å²) in [5.41, 5.74) is 9.13. The summed E-state index contributed by atoms with van der Waals surface area (Å²) in [6, 6.07) is 6.06. The van der Waals surface area contributed by atoms with Gasteiger partial charge in [0.25, 0.3) is 0 Å². The van der Waals surface area contributed by atoms with Gasteiger partial charge in [0.2, 0.25) is 0 Å². The van der Waals surface area contributed by atoms with Crippen molar-refractivity contribution < 1.29 is 0 Å². The highest BCUT2D eigenvalue weighted by atomic mass is 14.6. The van der Waals surface area contributed by atoms with E-state index < -0.39 is 0 Å². The number of rotatable bonds is 3. The summed E-state index contributed by atoms with van der Waals surface area (Å²) >= 11 is 0. The third-order valence-corrected chi connectivity index (χ3v) is 2.09. The van der Waals surface area contributed by atoms with E-state index in [1.54, 1.807) is 0 Å². The molecule has 2 N–H and O–H groups in total. The molecule has 13 heavy (non-hydrogen) atoms. The molecule has 0 aliphatic heterocycles. The van der Waals surface area contributed by atoms with Crippen LogP contribution in [0.1, 0.15) is 29.7 Å². The van der Waals surface area contributed by atoms with E-state index in [0.29, 0.717) is 0 Å². The summed E-state index contributed by atoms with van der Waals surface area (Å²) in [6.45, 7) is 9.50. The molecule has 0 heterocycles. The second-order valence-corrected chi connectivity index (χ2v) is 3.05. The zero-order chi connectivity index (χ0) is 9.84. The molecule has 0 saturated carbocycles. The topological polar surface area (TPSA) is 26.0 Å². The van der Waals surface area contributed by atoms with Crippen molar-refractivity contribution in [3.05, 3.63) is 48.0 Å². The van der Waals surface area contributed by atoms with Crippen molar-refractivity contribution in [2.45, 2.75) is 13.0 Å². The molecule has 0 saturated heterocycles.